The molecule has 31 heavy (non-hydrogen) atoms. The average Bonchev–Trinajstić information content (AvgIpc) is 3.01. The minimum absolute atomic E-state index is 0.0840. The van der Waals surface area contributed by atoms with Crippen molar-refractivity contribution < 1.29 is 24.1 Å². The molecule has 3 heterocycles. The van der Waals surface area contributed by atoms with Crippen molar-refractivity contribution in [1.29, 1.82) is 0 Å². The Hall–Kier alpha value is -2.68. The Morgan fingerprint density at radius 2 is 2.00 bits per heavy atom. The molecule has 0 saturated carbocycles. The van der Waals surface area contributed by atoms with Crippen LogP contribution in [-0.4, -0.2) is 54.8 Å². The molecular weight excluding hydrogens is 400 g/mol. The highest BCUT2D eigenvalue weighted by molar-refractivity contribution is 5.88. The monoisotopic (exact) mass is 428 g/mol. The molecule has 2 aliphatic rings. The minimum Gasteiger partial charge on any atom is -0.477 e. The minimum atomic E-state index is -1.23. The first-order chi connectivity index (χ1) is 14.8. The van der Waals surface area contributed by atoms with Crippen molar-refractivity contribution in [1.82, 2.24) is 4.68 Å². The first-order valence-corrected chi connectivity index (χ1v) is 10.3. The highest BCUT2D eigenvalue weighted by atomic mass is 16.5. The summed E-state index contributed by atoms with van der Waals surface area (Å²) >= 11 is 0. The number of methoxy groups -OCH3 is 2. The van der Waals surface area contributed by atoms with E-state index >= 15 is 0 Å². The maximum atomic E-state index is 12.5. The van der Waals surface area contributed by atoms with Crippen molar-refractivity contribution in [3.63, 3.8) is 0 Å². The van der Waals surface area contributed by atoms with Crippen LogP contribution in [0.1, 0.15) is 47.8 Å². The van der Waals surface area contributed by atoms with E-state index in [1.165, 1.54) is 12.3 Å². The summed E-state index contributed by atoms with van der Waals surface area (Å²) in [5, 5.41) is 11.6. The number of benzene rings is 1. The maximum absolute atomic E-state index is 12.5. The van der Waals surface area contributed by atoms with Crippen LogP contribution >= 0.6 is 0 Å². The van der Waals surface area contributed by atoms with E-state index in [1.54, 1.807) is 14.2 Å². The van der Waals surface area contributed by atoms with Crippen LogP contribution < -0.4 is 10.4 Å². The number of ether oxygens (including phenoxy) is 3. The second-order valence-corrected chi connectivity index (χ2v) is 8.63. The lowest BCUT2D eigenvalue weighted by atomic mass is 9.91. The molecule has 1 aromatic heterocycles. The molecule has 2 atom stereocenters. The van der Waals surface area contributed by atoms with Gasteiger partial charge in [-0.1, -0.05) is 18.2 Å². The van der Waals surface area contributed by atoms with Gasteiger partial charge in [-0.2, -0.15) is 0 Å². The van der Waals surface area contributed by atoms with E-state index in [4.69, 9.17) is 14.2 Å². The largest absolute Gasteiger partial charge is 0.477 e. The molecule has 0 amide bonds. The number of carboxylic acids is 1. The van der Waals surface area contributed by atoms with Crippen molar-refractivity contribution in [2.45, 2.75) is 44.6 Å². The molecule has 1 fully saturated rings. The predicted molar refractivity (Wildman–Crippen MR) is 115 cm³/mol. The number of fused-ring (bicyclic) bond motifs is 6. The zero-order valence-electron chi connectivity index (χ0n) is 18.3. The molecule has 0 radical (unpaired) electrons. The number of nitrogens with zero attached hydrogens (tertiary/aromatic N) is 2. The van der Waals surface area contributed by atoms with Gasteiger partial charge in [-0.25, -0.2) is 4.79 Å². The van der Waals surface area contributed by atoms with E-state index in [0.29, 0.717) is 25.5 Å². The van der Waals surface area contributed by atoms with Crippen molar-refractivity contribution in [3.05, 3.63) is 57.4 Å². The first-order valence-electron chi connectivity index (χ1n) is 10.3. The Morgan fingerprint density at radius 3 is 2.68 bits per heavy atom. The molecule has 166 valence electrons. The predicted octanol–water partition coefficient (Wildman–Crippen LogP) is 2.57. The van der Waals surface area contributed by atoms with Gasteiger partial charge in [0.15, 0.2) is 5.43 Å². The number of pyridine rings is 1. The van der Waals surface area contributed by atoms with Gasteiger partial charge in [-0.05, 0) is 25.0 Å². The summed E-state index contributed by atoms with van der Waals surface area (Å²) in [7, 11) is 3.34. The molecule has 1 aromatic carbocycles. The van der Waals surface area contributed by atoms with E-state index in [9.17, 15) is 14.7 Å². The van der Waals surface area contributed by atoms with Crippen LogP contribution in [-0.2, 0) is 20.8 Å². The summed E-state index contributed by atoms with van der Waals surface area (Å²) < 4.78 is 18.4. The summed E-state index contributed by atoms with van der Waals surface area (Å²) in [6.45, 7) is 5.69. The van der Waals surface area contributed by atoms with Crippen molar-refractivity contribution >= 4 is 5.97 Å². The topological polar surface area (TPSA) is 90.2 Å². The molecule has 2 unspecified atom stereocenters. The second-order valence-electron chi connectivity index (χ2n) is 8.63. The van der Waals surface area contributed by atoms with E-state index in [2.05, 4.69) is 24.9 Å². The zero-order chi connectivity index (χ0) is 22.3. The van der Waals surface area contributed by atoms with E-state index in [-0.39, 0.29) is 23.2 Å². The lowest BCUT2D eigenvalue weighted by molar-refractivity contribution is 0.0615. The molecule has 4 rings (SSSR count). The fourth-order valence-corrected chi connectivity index (χ4v) is 4.78. The van der Waals surface area contributed by atoms with Gasteiger partial charge >= 0.3 is 5.97 Å². The molecule has 2 aliphatic heterocycles. The van der Waals surface area contributed by atoms with Crippen molar-refractivity contribution in [3.8, 4) is 11.3 Å². The highest BCUT2D eigenvalue weighted by Gasteiger charge is 2.51. The normalized spacial score (nSPS) is 20.8. The molecule has 0 spiro atoms. The van der Waals surface area contributed by atoms with Gasteiger partial charge in [0.25, 0.3) is 0 Å². The lowest BCUT2D eigenvalue weighted by Crippen LogP contribution is -2.50. The summed E-state index contributed by atoms with van der Waals surface area (Å²) in [6.07, 6.45) is 2.12. The Labute approximate surface area is 180 Å². The standard InChI is InChI=1S/C23H28N2O6/c1-23(2)11-20(30-4)21-16-9-14(13-31-8-7-29-3)5-6-15(16)18-10-19(26)17(22(27)28)12-24(18)25(21)23/h5-6,9-10,12,20-21H,7-8,11,13H2,1-4H3,(H,27,28). The number of rotatable bonds is 7. The number of carbonyl (C=O) groups is 1. The summed E-state index contributed by atoms with van der Waals surface area (Å²) in [5.41, 5.74) is 2.59. The smallest absolute Gasteiger partial charge is 0.341 e. The van der Waals surface area contributed by atoms with Crippen LogP contribution in [0.25, 0.3) is 11.3 Å². The fourth-order valence-electron chi connectivity index (χ4n) is 4.78. The SMILES string of the molecule is COCCOCc1ccc2c(c1)C1C(OC)CC(C)(C)N1n1cc(C(=O)O)c(=O)cc1-2. The van der Waals surface area contributed by atoms with Gasteiger partial charge in [-0.3, -0.25) is 14.5 Å². The van der Waals surface area contributed by atoms with E-state index in [1.807, 2.05) is 16.8 Å². The van der Waals surface area contributed by atoms with Crippen LogP contribution in [0.4, 0.5) is 0 Å². The zero-order valence-corrected chi connectivity index (χ0v) is 18.3. The van der Waals surface area contributed by atoms with Crippen LogP contribution in [0.5, 0.6) is 0 Å². The molecule has 0 bridgehead atoms. The van der Waals surface area contributed by atoms with Gasteiger partial charge in [0.2, 0.25) is 0 Å². The maximum Gasteiger partial charge on any atom is 0.341 e. The molecule has 1 saturated heterocycles. The number of carboxylic acid groups (broad SMARTS) is 1. The number of hydrogen-bond donors (Lipinski definition) is 1. The highest BCUT2D eigenvalue weighted by Crippen LogP contribution is 2.49. The molecule has 8 nitrogen and oxygen atoms in total. The molecular formula is C23H28N2O6. The summed E-state index contributed by atoms with van der Waals surface area (Å²) in [6, 6.07) is 7.36. The summed E-state index contributed by atoms with van der Waals surface area (Å²) in [4.78, 5) is 24.2. The Bertz CT molecular complexity index is 1060. The fraction of sp³-hybridized carbons (Fsp3) is 0.478. The molecule has 8 heteroatoms. The van der Waals surface area contributed by atoms with Crippen LogP contribution in [0.3, 0.4) is 0 Å². The quantitative estimate of drug-likeness (QED) is 0.678. The third-order valence-corrected chi connectivity index (χ3v) is 6.14. The van der Waals surface area contributed by atoms with Gasteiger partial charge in [0, 0.05) is 38.5 Å². The molecule has 0 aliphatic carbocycles. The molecule has 2 aromatic rings. The Morgan fingerprint density at radius 1 is 1.23 bits per heavy atom. The van der Waals surface area contributed by atoms with Crippen LogP contribution in [0.15, 0.2) is 35.3 Å². The van der Waals surface area contributed by atoms with E-state index in [0.717, 1.165) is 23.1 Å². The third-order valence-electron chi connectivity index (χ3n) is 6.14. The number of aromatic nitrogens is 1. The third kappa shape index (κ3) is 3.64. The number of aromatic carboxylic acids is 1. The Kier molecular flexibility index (Phi) is 5.63. The van der Waals surface area contributed by atoms with Gasteiger partial charge < -0.3 is 19.3 Å². The van der Waals surface area contributed by atoms with Gasteiger partial charge in [0.05, 0.1) is 43.2 Å². The average molecular weight is 428 g/mol. The second kappa shape index (κ2) is 8.11. The van der Waals surface area contributed by atoms with E-state index < -0.39 is 11.4 Å². The Balaban J connectivity index is 1.87. The van der Waals surface area contributed by atoms with Crippen LogP contribution in [0, 0.1) is 0 Å². The van der Waals surface area contributed by atoms with Crippen molar-refractivity contribution in [2.75, 3.05) is 32.4 Å². The van der Waals surface area contributed by atoms with Gasteiger partial charge in [-0.15, -0.1) is 0 Å². The van der Waals surface area contributed by atoms with Crippen molar-refractivity contribution in [2.24, 2.45) is 0 Å². The van der Waals surface area contributed by atoms with Gasteiger partial charge in [0.1, 0.15) is 5.56 Å². The number of hydrogen-bond acceptors (Lipinski definition) is 6. The first kappa shape index (κ1) is 21.5. The molecule has 1 N–H and O–H groups in total. The van der Waals surface area contributed by atoms with Crippen LogP contribution in [0.2, 0.25) is 0 Å². The lowest BCUT2D eigenvalue weighted by Gasteiger charge is -2.44. The summed E-state index contributed by atoms with van der Waals surface area (Å²) in [5.74, 6) is -1.23.